The Morgan fingerprint density at radius 3 is 2.78 bits per heavy atom. The van der Waals surface area contributed by atoms with Crippen LogP contribution in [0.2, 0.25) is 0 Å². The Balaban J connectivity index is 1.29. The minimum absolute atomic E-state index is 0.0611. The highest BCUT2D eigenvalue weighted by Crippen LogP contribution is 2.34. The Morgan fingerprint density at radius 1 is 1.16 bits per heavy atom. The second kappa shape index (κ2) is 7.84. The third-order valence-corrected chi connectivity index (χ3v) is 6.08. The number of nitriles is 2. The van der Waals surface area contributed by atoms with Crippen LogP contribution in [0.25, 0.3) is 21.5 Å². The molecule has 0 radical (unpaired) electrons. The van der Waals surface area contributed by atoms with Crippen molar-refractivity contribution in [2.45, 2.75) is 31.2 Å². The molecular weight excluding hydrogens is 426 g/mol. The van der Waals surface area contributed by atoms with Crippen molar-refractivity contribution in [3.63, 3.8) is 0 Å². The summed E-state index contributed by atoms with van der Waals surface area (Å²) in [5.41, 5.74) is 2.13. The van der Waals surface area contributed by atoms with Gasteiger partial charge in [-0.2, -0.15) is 10.5 Å². The zero-order valence-corrected chi connectivity index (χ0v) is 17.5. The lowest BCUT2D eigenvalue weighted by Gasteiger charge is -2.06. The highest BCUT2D eigenvalue weighted by atomic mass is 32.1. The third-order valence-electron chi connectivity index (χ3n) is 5.06. The van der Waals surface area contributed by atoms with Gasteiger partial charge in [-0.1, -0.05) is 12.1 Å². The number of benzene rings is 1. The van der Waals surface area contributed by atoms with Gasteiger partial charge >= 0.3 is 0 Å². The summed E-state index contributed by atoms with van der Waals surface area (Å²) in [5, 5.41) is 29.6. The molecule has 1 aliphatic carbocycles. The Labute approximate surface area is 186 Å². The molecule has 156 valence electrons. The molecule has 0 aliphatic heterocycles. The summed E-state index contributed by atoms with van der Waals surface area (Å²) in [6.07, 6.45) is 1.63. The molecule has 32 heavy (non-hydrogen) atoms. The predicted molar refractivity (Wildman–Crippen MR) is 114 cm³/mol. The Hall–Kier alpha value is -4.15. The number of aromatic nitrogens is 4. The second-order valence-corrected chi connectivity index (χ2v) is 8.61. The molecule has 0 atom stereocenters. The van der Waals surface area contributed by atoms with Gasteiger partial charge in [0.1, 0.15) is 28.7 Å². The van der Waals surface area contributed by atoms with Gasteiger partial charge in [-0.25, -0.2) is 9.97 Å². The molecule has 3 aromatic heterocycles. The molecule has 0 unspecified atom stereocenters. The van der Waals surface area contributed by atoms with Gasteiger partial charge in [0, 0.05) is 5.56 Å². The van der Waals surface area contributed by atoms with Crippen LogP contribution in [0, 0.1) is 22.7 Å². The lowest BCUT2D eigenvalue weighted by Crippen LogP contribution is -2.36. The van der Waals surface area contributed by atoms with E-state index < -0.39 is 5.54 Å². The van der Waals surface area contributed by atoms with Crippen molar-refractivity contribution in [1.82, 2.24) is 25.5 Å². The number of carbonyl (C=O) groups is 1. The predicted octanol–water partition coefficient (Wildman–Crippen LogP) is 2.92. The fourth-order valence-electron chi connectivity index (χ4n) is 3.26. The van der Waals surface area contributed by atoms with Gasteiger partial charge in [0.05, 0.1) is 28.4 Å². The summed E-state index contributed by atoms with van der Waals surface area (Å²) < 4.78 is 6.58. The van der Waals surface area contributed by atoms with Crippen molar-refractivity contribution < 1.29 is 9.21 Å². The lowest BCUT2D eigenvalue weighted by atomic mass is 10.1. The fourth-order valence-corrected chi connectivity index (χ4v) is 4.26. The van der Waals surface area contributed by atoms with E-state index in [9.17, 15) is 4.79 Å². The Bertz CT molecular complexity index is 1420. The highest BCUT2D eigenvalue weighted by Gasteiger charge is 2.44. The molecular formula is C22H15N7O2S. The maximum atomic E-state index is 12.1. The van der Waals surface area contributed by atoms with E-state index in [1.54, 1.807) is 12.1 Å². The van der Waals surface area contributed by atoms with Gasteiger partial charge in [-0.3, -0.25) is 4.79 Å². The molecule has 1 N–H and O–H groups in total. The molecule has 4 aromatic rings. The molecule has 10 heteroatoms. The largest absolute Gasteiger partial charge is 0.424 e. The number of hydrogen-bond acceptors (Lipinski definition) is 9. The van der Waals surface area contributed by atoms with Crippen molar-refractivity contribution in [2.75, 3.05) is 0 Å². The van der Waals surface area contributed by atoms with Crippen LogP contribution in [-0.2, 0) is 17.6 Å². The molecule has 5 rings (SSSR count). The Kier molecular flexibility index (Phi) is 4.85. The van der Waals surface area contributed by atoms with E-state index in [1.165, 1.54) is 11.3 Å². The molecule has 1 aliphatic rings. The zero-order chi connectivity index (χ0) is 22.1. The topological polar surface area (TPSA) is 141 Å². The summed E-state index contributed by atoms with van der Waals surface area (Å²) in [6, 6.07) is 15.3. The Morgan fingerprint density at radius 2 is 2.00 bits per heavy atom. The van der Waals surface area contributed by atoms with Crippen molar-refractivity contribution in [2.24, 2.45) is 0 Å². The quantitative estimate of drug-likeness (QED) is 0.481. The first-order chi connectivity index (χ1) is 15.6. The van der Waals surface area contributed by atoms with E-state index in [0.29, 0.717) is 30.8 Å². The van der Waals surface area contributed by atoms with Gasteiger partial charge in [0.15, 0.2) is 0 Å². The average molecular weight is 441 g/mol. The van der Waals surface area contributed by atoms with Crippen LogP contribution >= 0.6 is 11.3 Å². The lowest BCUT2D eigenvalue weighted by molar-refractivity contribution is -0.121. The van der Waals surface area contributed by atoms with Crippen LogP contribution in [0.1, 0.15) is 35.3 Å². The fraction of sp³-hybridized carbons (Fsp3) is 0.227. The average Bonchev–Trinajstić information content (AvgIpc) is 3.24. The van der Waals surface area contributed by atoms with Gasteiger partial charge in [0.2, 0.25) is 17.7 Å². The van der Waals surface area contributed by atoms with E-state index in [1.807, 2.05) is 24.3 Å². The van der Waals surface area contributed by atoms with E-state index >= 15 is 0 Å². The number of nitrogens with one attached hydrogen (secondary N) is 1. The standard InChI is InChI=1S/C22H15N7O2S/c23-11-14-2-1-3-15(25-14)13-4-5-16-17(8-13)32-21(26-16)10-20-29-28-19(31-20)9-18(30)27-22(12-24)6-7-22/h1-5,8H,6-7,9-10H2,(H,27,30). The smallest absolute Gasteiger partial charge is 0.230 e. The first kappa shape index (κ1) is 19.8. The molecule has 0 saturated heterocycles. The maximum absolute atomic E-state index is 12.1. The van der Waals surface area contributed by atoms with Crippen molar-refractivity contribution in [3.8, 4) is 23.4 Å². The summed E-state index contributed by atoms with van der Waals surface area (Å²) >= 11 is 1.51. The summed E-state index contributed by atoms with van der Waals surface area (Å²) in [7, 11) is 0. The minimum atomic E-state index is -0.717. The number of amides is 1. The van der Waals surface area contributed by atoms with Crippen LogP contribution in [0.3, 0.4) is 0 Å². The third kappa shape index (κ3) is 4.04. The van der Waals surface area contributed by atoms with Gasteiger partial charge < -0.3 is 9.73 Å². The summed E-state index contributed by atoms with van der Waals surface area (Å²) in [4.78, 5) is 21.0. The normalized spacial score (nSPS) is 13.9. The van der Waals surface area contributed by atoms with E-state index in [0.717, 1.165) is 26.5 Å². The van der Waals surface area contributed by atoms with Crippen LogP contribution < -0.4 is 5.32 Å². The van der Waals surface area contributed by atoms with Gasteiger partial charge in [-0.05, 0) is 37.1 Å². The first-order valence-electron chi connectivity index (χ1n) is 9.86. The maximum Gasteiger partial charge on any atom is 0.230 e. The molecule has 1 fully saturated rings. The molecule has 0 spiro atoms. The van der Waals surface area contributed by atoms with Crippen LogP contribution in [0.15, 0.2) is 40.8 Å². The van der Waals surface area contributed by atoms with Crippen LogP contribution in [0.4, 0.5) is 0 Å². The molecule has 1 amide bonds. The summed E-state index contributed by atoms with van der Waals surface area (Å²) in [6.45, 7) is 0. The highest BCUT2D eigenvalue weighted by molar-refractivity contribution is 7.18. The minimum Gasteiger partial charge on any atom is -0.424 e. The van der Waals surface area contributed by atoms with Crippen molar-refractivity contribution in [1.29, 1.82) is 10.5 Å². The molecule has 9 nitrogen and oxygen atoms in total. The second-order valence-electron chi connectivity index (χ2n) is 7.50. The first-order valence-corrected chi connectivity index (χ1v) is 10.7. The number of pyridine rings is 1. The van der Waals surface area contributed by atoms with Gasteiger partial charge in [0.25, 0.3) is 0 Å². The number of nitrogens with zero attached hydrogens (tertiary/aromatic N) is 6. The molecule has 0 bridgehead atoms. The number of carbonyl (C=O) groups excluding carboxylic acids is 1. The molecule has 1 saturated carbocycles. The van der Waals surface area contributed by atoms with E-state index in [4.69, 9.17) is 14.9 Å². The van der Waals surface area contributed by atoms with Crippen molar-refractivity contribution >= 4 is 27.5 Å². The number of hydrogen-bond donors (Lipinski definition) is 1. The number of rotatable bonds is 6. The van der Waals surface area contributed by atoms with Crippen LogP contribution in [0.5, 0.6) is 0 Å². The van der Waals surface area contributed by atoms with Crippen molar-refractivity contribution in [3.05, 3.63) is 58.9 Å². The van der Waals surface area contributed by atoms with E-state index in [-0.39, 0.29) is 18.2 Å². The van der Waals surface area contributed by atoms with Gasteiger partial charge in [-0.15, -0.1) is 21.5 Å². The number of thiazole rings is 1. The molecule has 3 heterocycles. The number of fused-ring (bicyclic) bond motifs is 1. The SMILES string of the molecule is N#Cc1cccc(-c2ccc3nc(Cc4nnc(CC(=O)NC5(C#N)CC5)o4)sc3c2)n1. The summed E-state index contributed by atoms with van der Waals surface area (Å²) in [5.74, 6) is 0.274. The molecule has 1 aromatic carbocycles. The van der Waals surface area contributed by atoms with E-state index in [2.05, 4.69) is 37.6 Å². The van der Waals surface area contributed by atoms with Crippen LogP contribution in [-0.4, -0.2) is 31.6 Å². The zero-order valence-electron chi connectivity index (χ0n) is 16.7. The monoisotopic (exact) mass is 441 g/mol.